The summed E-state index contributed by atoms with van der Waals surface area (Å²) in [4.78, 5) is 28.6. The van der Waals surface area contributed by atoms with Gasteiger partial charge in [0, 0.05) is 56.3 Å². The number of hydrogen-bond acceptors (Lipinski definition) is 3. The highest BCUT2D eigenvalue weighted by Gasteiger charge is 2.20. The van der Waals surface area contributed by atoms with E-state index in [4.69, 9.17) is 11.6 Å². The second-order valence-corrected chi connectivity index (χ2v) is 7.45. The number of carbonyl (C=O) groups excluding carboxylic acids is 2. The van der Waals surface area contributed by atoms with E-state index >= 15 is 0 Å². The van der Waals surface area contributed by atoms with Crippen molar-refractivity contribution in [2.45, 2.75) is 19.4 Å². The molecule has 0 aromatic heterocycles. The molecule has 1 saturated heterocycles. The normalized spacial score (nSPS) is 14.7. The Morgan fingerprint density at radius 3 is 2.43 bits per heavy atom. The molecule has 1 heterocycles. The van der Waals surface area contributed by atoms with E-state index in [9.17, 15) is 9.59 Å². The van der Waals surface area contributed by atoms with Crippen LogP contribution in [0.4, 0.5) is 0 Å². The molecule has 5 nitrogen and oxygen atoms in total. The summed E-state index contributed by atoms with van der Waals surface area (Å²) >= 11 is 6.04. The lowest BCUT2D eigenvalue weighted by Crippen LogP contribution is -2.48. The summed E-state index contributed by atoms with van der Waals surface area (Å²) in [6.07, 6.45) is 1.11. The van der Waals surface area contributed by atoms with Crippen LogP contribution in [-0.4, -0.2) is 54.3 Å². The van der Waals surface area contributed by atoms with E-state index in [1.807, 2.05) is 41.3 Å². The topological polar surface area (TPSA) is 52.7 Å². The zero-order valence-corrected chi connectivity index (χ0v) is 16.7. The van der Waals surface area contributed by atoms with Gasteiger partial charge in [-0.25, -0.2) is 0 Å². The average Bonchev–Trinajstić information content (AvgIpc) is 2.72. The van der Waals surface area contributed by atoms with E-state index in [2.05, 4.69) is 16.3 Å². The maximum atomic E-state index is 12.4. The van der Waals surface area contributed by atoms with Gasteiger partial charge in [-0.1, -0.05) is 41.9 Å². The second-order valence-electron chi connectivity index (χ2n) is 7.01. The quantitative estimate of drug-likeness (QED) is 0.727. The molecule has 1 aliphatic rings. The first-order chi connectivity index (χ1) is 13.6. The lowest BCUT2D eigenvalue weighted by molar-refractivity contribution is -0.133. The monoisotopic (exact) mass is 399 g/mol. The summed E-state index contributed by atoms with van der Waals surface area (Å²) in [6, 6.07) is 17.0. The molecule has 1 fully saturated rings. The SMILES string of the molecule is O=C(NCCCC(=O)N1CCN(Cc2cccc(Cl)c2)CC1)c1ccccc1. The standard InChI is InChI=1S/C22H26ClN3O2/c23-20-9-4-6-18(16-20)17-25-12-14-26(15-13-25)21(27)10-5-11-24-22(28)19-7-2-1-3-8-19/h1-4,6-9,16H,5,10-15,17H2,(H,24,28). The van der Waals surface area contributed by atoms with Gasteiger partial charge in [0.2, 0.25) is 5.91 Å². The Balaban J connectivity index is 1.33. The van der Waals surface area contributed by atoms with Crippen LogP contribution in [0, 0.1) is 0 Å². The van der Waals surface area contributed by atoms with Crippen molar-refractivity contribution in [3.05, 3.63) is 70.7 Å². The highest BCUT2D eigenvalue weighted by Crippen LogP contribution is 2.14. The minimum Gasteiger partial charge on any atom is -0.352 e. The molecule has 0 aliphatic carbocycles. The molecule has 2 aromatic carbocycles. The smallest absolute Gasteiger partial charge is 0.251 e. The minimum absolute atomic E-state index is 0.0947. The number of halogens is 1. The molecule has 1 aliphatic heterocycles. The Morgan fingerprint density at radius 1 is 0.964 bits per heavy atom. The fourth-order valence-corrected chi connectivity index (χ4v) is 3.55. The van der Waals surface area contributed by atoms with Crippen molar-refractivity contribution in [1.82, 2.24) is 15.1 Å². The molecule has 28 heavy (non-hydrogen) atoms. The van der Waals surface area contributed by atoms with Crippen molar-refractivity contribution in [3.63, 3.8) is 0 Å². The molecular formula is C22H26ClN3O2. The van der Waals surface area contributed by atoms with Gasteiger partial charge in [0.1, 0.15) is 0 Å². The zero-order valence-electron chi connectivity index (χ0n) is 15.9. The molecule has 148 valence electrons. The molecule has 0 spiro atoms. The van der Waals surface area contributed by atoms with Crippen LogP contribution >= 0.6 is 11.6 Å². The molecule has 6 heteroatoms. The third kappa shape index (κ3) is 6.08. The van der Waals surface area contributed by atoms with Crippen molar-refractivity contribution < 1.29 is 9.59 Å². The summed E-state index contributed by atoms with van der Waals surface area (Å²) in [5.41, 5.74) is 1.84. The largest absolute Gasteiger partial charge is 0.352 e. The molecule has 0 atom stereocenters. The lowest BCUT2D eigenvalue weighted by atomic mass is 10.2. The molecule has 3 rings (SSSR count). The number of benzene rings is 2. The van der Waals surface area contributed by atoms with Crippen LogP contribution in [0.15, 0.2) is 54.6 Å². The van der Waals surface area contributed by atoms with Crippen LogP contribution in [0.25, 0.3) is 0 Å². The average molecular weight is 400 g/mol. The van der Waals surface area contributed by atoms with Gasteiger partial charge in [-0.3, -0.25) is 14.5 Å². The first-order valence-electron chi connectivity index (χ1n) is 9.69. The van der Waals surface area contributed by atoms with Crippen molar-refractivity contribution in [2.75, 3.05) is 32.7 Å². The first-order valence-corrected chi connectivity index (χ1v) is 10.1. The zero-order chi connectivity index (χ0) is 19.8. The molecule has 2 amide bonds. The van der Waals surface area contributed by atoms with Crippen LogP contribution in [0.3, 0.4) is 0 Å². The van der Waals surface area contributed by atoms with E-state index in [1.54, 1.807) is 12.1 Å². The highest BCUT2D eigenvalue weighted by atomic mass is 35.5. The van der Waals surface area contributed by atoms with Gasteiger partial charge < -0.3 is 10.2 Å². The van der Waals surface area contributed by atoms with E-state index in [-0.39, 0.29) is 11.8 Å². The Hall–Kier alpha value is -2.37. The molecule has 2 aromatic rings. The maximum absolute atomic E-state index is 12.4. The van der Waals surface area contributed by atoms with E-state index in [0.29, 0.717) is 24.9 Å². The summed E-state index contributed by atoms with van der Waals surface area (Å²) < 4.78 is 0. The number of carbonyl (C=O) groups is 2. The van der Waals surface area contributed by atoms with Gasteiger partial charge in [0.05, 0.1) is 0 Å². The van der Waals surface area contributed by atoms with Crippen LogP contribution in [0.5, 0.6) is 0 Å². The van der Waals surface area contributed by atoms with Gasteiger partial charge in [0.15, 0.2) is 0 Å². The number of nitrogens with one attached hydrogen (secondary N) is 1. The van der Waals surface area contributed by atoms with Crippen molar-refractivity contribution in [3.8, 4) is 0 Å². The Kier molecular flexibility index (Phi) is 7.46. The molecular weight excluding hydrogens is 374 g/mol. The van der Waals surface area contributed by atoms with Gasteiger partial charge in [-0.05, 0) is 36.2 Å². The summed E-state index contributed by atoms with van der Waals surface area (Å²) in [7, 11) is 0. The summed E-state index contributed by atoms with van der Waals surface area (Å²) in [5, 5.41) is 3.62. The number of nitrogens with zero attached hydrogens (tertiary/aromatic N) is 2. The molecule has 0 unspecified atom stereocenters. The molecule has 0 saturated carbocycles. The number of amides is 2. The lowest BCUT2D eigenvalue weighted by Gasteiger charge is -2.34. The third-order valence-corrected chi connectivity index (χ3v) is 5.14. The first kappa shape index (κ1) is 20.4. The van der Waals surface area contributed by atoms with Crippen molar-refractivity contribution in [2.24, 2.45) is 0 Å². The molecule has 0 radical (unpaired) electrons. The van der Waals surface area contributed by atoms with Gasteiger partial charge >= 0.3 is 0 Å². The minimum atomic E-state index is -0.0947. The van der Waals surface area contributed by atoms with Crippen molar-refractivity contribution >= 4 is 23.4 Å². The fraction of sp³-hybridized carbons (Fsp3) is 0.364. The fourth-order valence-electron chi connectivity index (χ4n) is 3.34. The van der Waals surface area contributed by atoms with Gasteiger partial charge in [-0.15, -0.1) is 0 Å². The van der Waals surface area contributed by atoms with Gasteiger partial charge in [-0.2, -0.15) is 0 Å². The Bertz CT molecular complexity index is 789. The van der Waals surface area contributed by atoms with Gasteiger partial charge in [0.25, 0.3) is 5.91 Å². The van der Waals surface area contributed by atoms with Crippen LogP contribution in [-0.2, 0) is 11.3 Å². The summed E-state index contributed by atoms with van der Waals surface area (Å²) in [6.45, 7) is 4.58. The Morgan fingerprint density at radius 2 is 1.71 bits per heavy atom. The Labute approximate surface area is 171 Å². The highest BCUT2D eigenvalue weighted by molar-refractivity contribution is 6.30. The molecule has 1 N–H and O–H groups in total. The second kappa shape index (κ2) is 10.2. The maximum Gasteiger partial charge on any atom is 0.251 e. The predicted octanol–water partition coefficient (Wildman–Crippen LogP) is 3.19. The van der Waals surface area contributed by atoms with E-state index in [1.165, 1.54) is 5.56 Å². The molecule has 0 bridgehead atoms. The van der Waals surface area contributed by atoms with Crippen LogP contribution in [0.2, 0.25) is 5.02 Å². The van der Waals surface area contributed by atoms with E-state index < -0.39 is 0 Å². The number of rotatable bonds is 7. The summed E-state index contributed by atoms with van der Waals surface area (Å²) in [5.74, 6) is 0.0686. The van der Waals surface area contributed by atoms with E-state index in [0.717, 1.165) is 37.7 Å². The predicted molar refractivity (Wildman–Crippen MR) is 111 cm³/mol. The van der Waals surface area contributed by atoms with Crippen molar-refractivity contribution in [1.29, 1.82) is 0 Å². The number of piperazine rings is 1. The van der Waals surface area contributed by atoms with Crippen LogP contribution in [0.1, 0.15) is 28.8 Å². The van der Waals surface area contributed by atoms with Crippen LogP contribution < -0.4 is 5.32 Å². The number of hydrogen-bond donors (Lipinski definition) is 1. The third-order valence-electron chi connectivity index (χ3n) is 4.91.